The van der Waals surface area contributed by atoms with E-state index in [1.807, 2.05) is 25.7 Å². The van der Waals surface area contributed by atoms with Gasteiger partial charge in [0.05, 0.1) is 5.41 Å². The Kier molecular flexibility index (Phi) is 6.21. The van der Waals surface area contributed by atoms with E-state index in [1.54, 1.807) is 0 Å². The Hall–Kier alpha value is -2.10. The van der Waals surface area contributed by atoms with Crippen LogP contribution in [-0.4, -0.2) is 47.3 Å². The lowest BCUT2D eigenvalue weighted by molar-refractivity contribution is -0.141. The first kappa shape index (κ1) is 21.6. The zero-order valence-electron chi connectivity index (χ0n) is 18.0. The van der Waals surface area contributed by atoms with Gasteiger partial charge in [-0.1, -0.05) is 12.8 Å². The van der Waals surface area contributed by atoms with Crippen LogP contribution in [0, 0.1) is 17.8 Å². The SMILES string of the molecule is C#CCCC1(CCNC(=O)[C@@]23CCCC[C@H]2N(C(=O)OC(C)(C)C)CCC3)N=N1. The van der Waals surface area contributed by atoms with Crippen molar-refractivity contribution in [2.24, 2.45) is 15.6 Å². The van der Waals surface area contributed by atoms with Crippen molar-refractivity contribution in [1.82, 2.24) is 10.2 Å². The van der Waals surface area contributed by atoms with Crippen LogP contribution in [0.4, 0.5) is 4.79 Å². The Morgan fingerprint density at radius 1 is 1.21 bits per heavy atom. The summed E-state index contributed by atoms with van der Waals surface area (Å²) in [4.78, 5) is 28.0. The fraction of sp³-hybridized carbons (Fsp3) is 0.818. The minimum absolute atomic E-state index is 0.0585. The predicted molar refractivity (Wildman–Crippen MR) is 110 cm³/mol. The van der Waals surface area contributed by atoms with Crippen LogP contribution in [-0.2, 0) is 9.53 Å². The average Bonchev–Trinajstić information content (AvgIpc) is 3.44. The molecule has 0 aromatic rings. The molecule has 0 spiro atoms. The number of nitrogens with one attached hydrogen (secondary N) is 1. The first-order chi connectivity index (χ1) is 13.7. The van der Waals surface area contributed by atoms with Crippen molar-refractivity contribution in [2.75, 3.05) is 13.1 Å². The molecule has 2 aliphatic heterocycles. The van der Waals surface area contributed by atoms with Gasteiger partial charge in [0.15, 0.2) is 5.66 Å². The number of likely N-dealkylation sites (tertiary alicyclic amines) is 1. The smallest absolute Gasteiger partial charge is 0.410 e. The number of terminal acetylenes is 1. The molecule has 160 valence electrons. The lowest BCUT2D eigenvalue weighted by Gasteiger charge is -2.51. The normalized spacial score (nSPS) is 27.5. The van der Waals surface area contributed by atoms with Gasteiger partial charge in [-0.25, -0.2) is 4.79 Å². The Morgan fingerprint density at radius 3 is 2.59 bits per heavy atom. The molecule has 0 radical (unpaired) electrons. The molecule has 2 atom stereocenters. The molecule has 0 unspecified atom stereocenters. The lowest BCUT2D eigenvalue weighted by Crippen LogP contribution is -2.62. The summed E-state index contributed by atoms with van der Waals surface area (Å²) < 4.78 is 5.64. The quantitative estimate of drug-likeness (QED) is 0.681. The summed E-state index contributed by atoms with van der Waals surface area (Å²) in [5.41, 5.74) is -1.45. The molecule has 1 saturated heterocycles. The van der Waals surface area contributed by atoms with Crippen LogP contribution in [0.5, 0.6) is 0 Å². The topological polar surface area (TPSA) is 83.4 Å². The zero-order valence-corrected chi connectivity index (χ0v) is 18.0. The van der Waals surface area contributed by atoms with Gasteiger partial charge in [0.2, 0.25) is 5.91 Å². The second-order valence-corrected chi connectivity index (χ2v) is 9.59. The van der Waals surface area contributed by atoms with E-state index in [0.717, 1.165) is 44.9 Å². The highest BCUT2D eigenvalue weighted by Crippen LogP contribution is 2.46. The fourth-order valence-electron chi connectivity index (χ4n) is 4.83. The van der Waals surface area contributed by atoms with Gasteiger partial charge in [-0.2, -0.15) is 10.2 Å². The van der Waals surface area contributed by atoms with Gasteiger partial charge in [-0.15, -0.1) is 12.3 Å². The van der Waals surface area contributed by atoms with E-state index in [-0.39, 0.29) is 18.0 Å². The molecule has 0 aromatic carbocycles. The van der Waals surface area contributed by atoms with Gasteiger partial charge >= 0.3 is 6.09 Å². The molecule has 29 heavy (non-hydrogen) atoms. The third-order valence-electron chi connectivity index (χ3n) is 6.33. The van der Waals surface area contributed by atoms with Crippen LogP contribution in [0.25, 0.3) is 0 Å². The number of piperidine rings is 1. The molecule has 7 nitrogen and oxygen atoms in total. The van der Waals surface area contributed by atoms with Gasteiger partial charge in [0.1, 0.15) is 5.60 Å². The van der Waals surface area contributed by atoms with Crippen LogP contribution in [0.2, 0.25) is 0 Å². The number of ether oxygens (including phenoxy) is 1. The maximum atomic E-state index is 13.3. The average molecular weight is 403 g/mol. The maximum absolute atomic E-state index is 13.3. The molecule has 3 aliphatic rings. The number of hydrogen-bond acceptors (Lipinski definition) is 5. The highest BCUT2D eigenvalue weighted by Gasteiger charge is 2.53. The third kappa shape index (κ3) is 4.91. The summed E-state index contributed by atoms with van der Waals surface area (Å²) in [6.45, 7) is 6.80. The van der Waals surface area contributed by atoms with E-state index in [4.69, 9.17) is 11.2 Å². The predicted octanol–water partition coefficient (Wildman–Crippen LogP) is 4.03. The van der Waals surface area contributed by atoms with Crippen LogP contribution in [0.1, 0.15) is 78.6 Å². The second-order valence-electron chi connectivity index (χ2n) is 9.59. The Bertz CT molecular complexity index is 696. The van der Waals surface area contributed by atoms with Crippen molar-refractivity contribution >= 4 is 12.0 Å². The van der Waals surface area contributed by atoms with E-state index >= 15 is 0 Å². The molecule has 2 fully saturated rings. The van der Waals surface area contributed by atoms with Gasteiger partial charge in [0.25, 0.3) is 0 Å². The van der Waals surface area contributed by atoms with E-state index in [0.29, 0.717) is 25.9 Å². The molecular weight excluding hydrogens is 368 g/mol. The van der Waals surface area contributed by atoms with Crippen LogP contribution < -0.4 is 5.32 Å². The van der Waals surface area contributed by atoms with Crippen molar-refractivity contribution in [2.45, 2.75) is 95.9 Å². The monoisotopic (exact) mass is 402 g/mol. The largest absolute Gasteiger partial charge is 0.444 e. The highest BCUT2D eigenvalue weighted by atomic mass is 16.6. The molecule has 0 bridgehead atoms. The van der Waals surface area contributed by atoms with Crippen LogP contribution >= 0.6 is 0 Å². The molecule has 7 heteroatoms. The van der Waals surface area contributed by atoms with E-state index in [9.17, 15) is 9.59 Å². The van der Waals surface area contributed by atoms with Crippen LogP contribution in [0.3, 0.4) is 0 Å². The molecule has 0 aromatic heterocycles. The Balaban J connectivity index is 1.64. The second kappa shape index (κ2) is 8.33. The Morgan fingerprint density at radius 2 is 1.93 bits per heavy atom. The third-order valence-corrected chi connectivity index (χ3v) is 6.33. The molecule has 2 heterocycles. The molecule has 3 rings (SSSR count). The fourth-order valence-corrected chi connectivity index (χ4v) is 4.83. The molecule has 1 saturated carbocycles. The number of carbonyl (C=O) groups is 2. The standard InChI is InChI=1S/C22H34N4O3/c1-5-6-13-22(24-25-22)14-15-23-18(27)21-11-8-7-10-17(21)26(16-9-12-21)19(28)29-20(2,3)4/h1,17H,6-16H2,2-4H3,(H,23,27)/t17-,21-/m1/s1. The number of amides is 2. The zero-order chi connectivity index (χ0) is 21.1. The molecule has 1 aliphatic carbocycles. The van der Waals surface area contributed by atoms with Crippen molar-refractivity contribution in [3.63, 3.8) is 0 Å². The van der Waals surface area contributed by atoms with Crippen LogP contribution in [0.15, 0.2) is 10.2 Å². The molecule has 1 N–H and O–H groups in total. The number of hydrogen-bond donors (Lipinski definition) is 1. The lowest BCUT2D eigenvalue weighted by atomic mass is 9.64. The number of rotatable bonds is 6. The van der Waals surface area contributed by atoms with Crippen molar-refractivity contribution in [3.05, 3.63) is 0 Å². The van der Waals surface area contributed by atoms with E-state index in [2.05, 4.69) is 21.5 Å². The number of carbonyl (C=O) groups excluding carboxylic acids is 2. The summed E-state index contributed by atoms with van der Waals surface area (Å²) in [6.07, 6.45) is 12.4. The summed E-state index contributed by atoms with van der Waals surface area (Å²) in [5.74, 6) is 2.68. The molecule has 2 amide bonds. The Labute approximate surface area is 174 Å². The van der Waals surface area contributed by atoms with E-state index < -0.39 is 16.7 Å². The number of nitrogens with zero attached hydrogens (tertiary/aromatic N) is 3. The number of fused-ring (bicyclic) bond motifs is 1. The van der Waals surface area contributed by atoms with Gasteiger partial charge in [-0.3, -0.25) is 4.79 Å². The first-order valence-corrected chi connectivity index (χ1v) is 10.9. The molecular formula is C22H34N4O3. The van der Waals surface area contributed by atoms with Gasteiger partial charge in [0, 0.05) is 38.4 Å². The minimum Gasteiger partial charge on any atom is -0.444 e. The minimum atomic E-state index is -0.544. The summed E-state index contributed by atoms with van der Waals surface area (Å²) in [5, 5.41) is 11.4. The summed E-state index contributed by atoms with van der Waals surface area (Å²) >= 11 is 0. The summed E-state index contributed by atoms with van der Waals surface area (Å²) in [6, 6.07) is -0.0921. The first-order valence-electron chi connectivity index (χ1n) is 10.9. The van der Waals surface area contributed by atoms with Gasteiger partial charge < -0.3 is 15.0 Å². The summed E-state index contributed by atoms with van der Waals surface area (Å²) in [7, 11) is 0. The van der Waals surface area contributed by atoms with Crippen molar-refractivity contribution in [3.8, 4) is 12.3 Å². The van der Waals surface area contributed by atoms with Crippen molar-refractivity contribution in [1.29, 1.82) is 0 Å². The van der Waals surface area contributed by atoms with E-state index in [1.165, 1.54) is 0 Å². The van der Waals surface area contributed by atoms with Crippen molar-refractivity contribution < 1.29 is 14.3 Å². The highest BCUT2D eigenvalue weighted by molar-refractivity contribution is 5.85. The maximum Gasteiger partial charge on any atom is 0.410 e. The van der Waals surface area contributed by atoms with Gasteiger partial charge in [-0.05, 0) is 46.5 Å².